The van der Waals surface area contributed by atoms with Crippen molar-refractivity contribution in [3.05, 3.63) is 42.5 Å². The van der Waals surface area contributed by atoms with E-state index < -0.39 is 0 Å². The average Bonchev–Trinajstić information content (AvgIpc) is 3.48. The Bertz CT molecular complexity index is 1360. The molecule has 0 spiro atoms. The first-order chi connectivity index (χ1) is 18.5. The Morgan fingerprint density at radius 1 is 1.11 bits per heavy atom. The van der Waals surface area contributed by atoms with Gasteiger partial charge in [0, 0.05) is 62.4 Å². The zero-order valence-corrected chi connectivity index (χ0v) is 21.7. The molecule has 38 heavy (non-hydrogen) atoms. The van der Waals surface area contributed by atoms with E-state index in [0.717, 1.165) is 74.5 Å². The summed E-state index contributed by atoms with van der Waals surface area (Å²) >= 11 is 0. The largest absolute Gasteiger partial charge is 0.488 e. The van der Waals surface area contributed by atoms with Gasteiger partial charge in [-0.15, -0.1) is 0 Å². The Kier molecular flexibility index (Phi) is 6.00. The molecule has 0 bridgehead atoms. The summed E-state index contributed by atoms with van der Waals surface area (Å²) in [5.41, 5.74) is 3.96. The zero-order chi connectivity index (χ0) is 25.8. The molecule has 4 fully saturated rings. The van der Waals surface area contributed by atoms with Crippen molar-refractivity contribution < 1.29 is 18.7 Å². The highest BCUT2D eigenvalue weighted by Gasteiger charge is 2.31. The molecule has 1 aromatic heterocycles. The maximum atomic E-state index is 15.6. The molecule has 3 aromatic rings. The fourth-order valence-corrected chi connectivity index (χ4v) is 5.98. The number of carbonyl (C=O) groups excluding carboxylic acids is 1. The van der Waals surface area contributed by atoms with Crippen molar-refractivity contribution in [2.45, 2.75) is 44.4 Å². The number of aromatic nitrogens is 2. The lowest BCUT2D eigenvalue weighted by Crippen LogP contribution is -2.56. The average molecular weight is 520 g/mol. The first-order valence-electron chi connectivity index (χ1n) is 13.8. The molecule has 2 aromatic carbocycles. The molecule has 1 saturated carbocycles. The molecule has 3 saturated heterocycles. The van der Waals surface area contributed by atoms with Gasteiger partial charge in [0.1, 0.15) is 23.2 Å². The van der Waals surface area contributed by atoms with E-state index in [4.69, 9.17) is 9.47 Å². The number of carbonyl (C=O) groups is 1. The van der Waals surface area contributed by atoms with E-state index in [1.807, 2.05) is 37.5 Å². The molecule has 0 radical (unpaired) electrons. The van der Waals surface area contributed by atoms with Crippen molar-refractivity contribution in [1.82, 2.24) is 19.8 Å². The second-order valence-electron chi connectivity index (χ2n) is 11.2. The van der Waals surface area contributed by atoms with Crippen LogP contribution in [-0.4, -0.2) is 78.4 Å². The monoisotopic (exact) mass is 519 g/mol. The Labute approximate surface area is 221 Å². The highest BCUT2D eigenvalue weighted by molar-refractivity contribution is 5.88. The minimum absolute atomic E-state index is 0.0630. The molecule has 1 N–H and O–H groups in total. The van der Waals surface area contributed by atoms with E-state index in [0.29, 0.717) is 36.4 Å². The molecular formula is C29H34FN5O3. The van der Waals surface area contributed by atoms with E-state index in [1.165, 1.54) is 0 Å². The van der Waals surface area contributed by atoms with Gasteiger partial charge in [0.05, 0.1) is 31.1 Å². The van der Waals surface area contributed by atoms with Crippen LogP contribution >= 0.6 is 0 Å². The summed E-state index contributed by atoms with van der Waals surface area (Å²) in [4.78, 5) is 21.2. The molecule has 1 unspecified atom stereocenters. The first kappa shape index (κ1) is 23.9. The van der Waals surface area contributed by atoms with Gasteiger partial charge in [-0.25, -0.2) is 9.37 Å². The number of fused-ring (bicyclic) bond motifs is 1. The summed E-state index contributed by atoms with van der Waals surface area (Å²) in [6, 6.07) is 10.4. The third kappa shape index (κ3) is 4.41. The number of rotatable bonds is 7. The topological polar surface area (TPSA) is 71.9 Å². The molecule has 200 valence electrons. The van der Waals surface area contributed by atoms with E-state index >= 15 is 4.39 Å². The quantitative estimate of drug-likeness (QED) is 0.515. The molecule has 2 atom stereocenters. The van der Waals surface area contributed by atoms with E-state index in [2.05, 4.69) is 24.7 Å². The third-order valence-corrected chi connectivity index (χ3v) is 8.64. The van der Waals surface area contributed by atoms with Gasteiger partial charge >= 0.3 is 0 Å². The van der Waals surface area contributed by atoms with Gasteiger partial charge in [-0.05, 0) is 55.7 Å². The Hall–Kier alpha value is -3.17. The van der Waals surface area contributed by atoms with Crippen LogP contribution in [0.25, 0.3) is 22.2 Å². The lowest BCUT2D eigenvalue weighted by molar-refractivity contribution is -0.119. The lowest BCUT2D eigenvalue weighted by atomic mass is 10.0. The molecule has 8 nitrogen and oxygen atoms in total. The van der Waals surface area contributed by atoms with E-state index in [1.54, 1.807) is 6.07 Å². The van der Waals surface area contributed by atoms with Crippen molar-refractivity contribution in [3.63, 3.8) is 0 Å². The molecular weight excluding hydrogens is 485 g/mol. The van der Waals surface area contributed by atoms with E-state index in [-0.39, 0.29) is 23.7 Å². The SMILES string of the molecule is CC(Oc1cc(-c2ccc(N3CCN(C4COC4)CC3)cc2F)cc2ncn(C3CC3)c12)[C@H]1CNC(=O)C1. The van der Waals surface area contributed by atoms with Crippen molar-refractivity contribution in [1.29, 1.82) is 0 Å². The number of benzene rings is 2. The highest BCUT2D eigenvalue weighted by atomic mass is 19.1. The van der Waals surface area contributed by atoms with Crippen LogP contribution in [0.5, 0.6) is 5.75 Å². The number of ether oxygens (including phenoxy) is 2. The molecule has 9 heteroatoms. The standard InChI is InChI=1S/C29H34FN5O3/c1-18(20-12-28(36)31-14-20)38-27-11-19(10-26-29(27)35(17-32-26)21-2-3-21)24-5-4-22(13-25(24)30)33-6-8-34(9-7-33)23-15-37-16-23/h4-5,10-11,13,17-18,20-21,23H,2-3,6-9,12,14-16H2,1H3,(H,31,36)/t18?,20-/m1/s1. The fraction of sp³-hybridized carbons (Fsp3) is 0.517. The van der Waals surface area contributed by atoms with Gasteiger partial charge in [-0.1, -0.05) is 0 Å². The van der Waals surface area contributed by atoms with Crippen molar-refractivity contribution in [3.8, 4) is 16.9 Å². The van der Waals surface area contributed by atoms with Crippen LogP contribution in [0.15, 0.2) is 36.7 Å². The number of piperazine rings is 1. The van der Waals surface area contributed by atoms with Gasteiger partial charge in [0.15, 0.2) is 0 Å². The predicted molar refractivity (Wildman–Crippen MR) is 143 cm³/mol. The molecule has 1 aliphatic carbocycles. The number of nitrogens with zero attached hydrogens (tertiary/aromatic N) is 4. The fourth-order valence-electron chi connectivity index (χ4n) is 5.98. The molecule has 4 aliphatic rings. The van der Waals surface area contributed by atoms with Crippen LogP contribution in [0.4, 0.5) is 10.1 Å². The Morgan fingerprint density at radius 2 is 1.92 bits per heavy atom. The summed E-state index contributed by atoms with van der Waals surface area (Å²) in [5.74, 6) is 0.621. The van der Waals surface area contributed by atoms with Gasteiger partial charge in [-0.2, -0.15) is 0 Å². The van der Waals surface area contributed by atoms with E-state index in [9.17, 15) is 4.79 Å². The van der Waals surface area contributed by atoms with Crippen molar-refractivity contribution in [2.24, 2.45) is 5.92 Å². The minimum atomic E-state index is -0.247. The normalized spacial score (nSPS) is 23.5. The summed E-state index contributed by atoms with van der Waals surface area (Å²) < 4.78 is 29.6. The van der Waals surface area contributed by atoms with Crippen LogP contribution < -0.4 is 15.0 Å². The summed E-state index contributed by atoms with van der Waals surface area (Å²) in [6.45, 7) is 7.98. The van der Waals surface area contributed by atoms with Crippen LogP contribution in [0.3, 0.4) is 0 Å². The van der Waals surface area contributed by atoms with Crippen molar-refractivity contribution in [2.75, 3.05) is 50.8 Å². The maximum Gasteiger partial charge on any atom is 0.220 e. The van der Waals surface area contributed by atoms with Crippen LogP contribution in [-0.2, 0) is 9.53 Å². The molecule has 4 heterocycles. The second kappa shape index (κ2) is 9.54. The Morgan fingerprint density at radius 3 is 2.58 bits per heavy atom. The highest BCUT2D eigenvalue weighted by Crippen LogP contribution is 2.42. The van der Waals surface area contributed by atoms with Gasteiger partial charge in [0.25, 0.3) is 0 Å². The first-order valence-corrected chi connectivity index (χ1v) is 13.8. The number of halogens is 1. The number of nitrogens with one attached hydrogen (secondary N) is 1. The van der Waals surface area contributed by atoms with Crippen molar-refractivity contribution >= 4 is 22.6 Å². The third-order valence-electron chi connectivity index (χ3n) is 8.64. The summed E-state index contributed by atoms with van der Waals surface area (Å²) in [7, 11) is 0. The minimum Gasteiger partial charge on any atom is -0.488 e. The zero-order valence-electron chi connectivity index (χ0n) is 21.7. The number of hydrogen-bond donors (Lipinski definition) is 1. The summed E-state index contributed by atoms with van der Waals surface area (Å²) in [6.07, 6.45) is 4.43. The molecule has 1 amide bonds. The molecule has 7 rings (SSSR count). The summed E-state index contributed by atoms with van der Waals surface area (Å²) in [5, 5.41) is 2.90. The van der Waals surface area contributed by atoms with Gasteiger partial charge < -0.3 is 24.3 Å². The number of amides is 1. The van der Waals surface area contributed by atoms with Gasteiger partial charge in [0.2, 0.25) is 5.91 Å². The predicted octanol–water partition coefficient (Wildman–Crippen LogP) is 3.60. The smallest absolute Gasteiger partial charge is 0.220 e. The van der Waals surface area contributed by atoms with Crippen LogP contribution in [0.2, 0.25) is 0 Å². The van der Waals surface area contributed by atoms with Crippen LogP contribution in [0, 0.1) is 11.7 Å². The number of anilines is 1. The molecule has 3 aliphatic heterocycles. The van der Waals surface area contributed by atoms with Crippen LogP contribution in [0.1, 0.15) is 32.2 Å². The number of imidazole rings is 1. The maximum absolute atomic E-state index is 15.6. The lowest BCUT2D eigenvalue weighted by Gasteiger charge is -2.43. The number of hydrogen-bond acceptors (Lipinski definition) is 6. The second-order valence-corrected chi connectivity index (χ2v) is 11.2. The van der Waals surface area contributed by atoms with Gasteiger partial charge in [-0.3, -0.25) is 9.69 Å². The Balaban J connectivity index is 1.16.